The maximum absolute atomic E-state index is 13.4. The van der Waals surface area contributed by atoms with Crippen LogP contribution >= 0.6 is 23.8 Å². The number of halogens is 1. The summed E-state index contributed by atoms with van der Waals surface area (Å²) in [5.74, 6) is -0.346. The van der Waals surface area contributed by atoms with E-state index in [0.29, 0.717) is 5.02 Å². The van der Waals surface area contributed by atoms with E-state index in [2.05, 4.69) is 6.92 Å². The summed E-state index contributed by atoms with van der Waals surface area (Å²) >= 11 is 11.2. The van der Waals surface area contributed by atoms with Crippen molar-refractivity contribution >= 4 is 38.6 Å². The van der Waals surface area contributed by atoms with Gasteiger partial charge in [0.05, 0.1) is 27.2 Å². The van der Waals surface area contributed by atoms with Crippen LogP contribution in [-0.2, 0) is 21.0 Å². The van der Waals surface area contributed by atoms with Crippen LogP contribution in [0.25, 0.3) is 0 Å². The minimum atomic E-state index is -3.68. The molecule has 1 fully saturated rings. The van der Waals surface area contributed by atoms with Crippen LogP contribution in [0.2, 0.25) is 5.02 Å². The molecule has 1 saturated carbocycles. The fourth-order valence-corrected chi connectivity index (χ4v) is 6.74. The highest BCUT2D eigenvalue weighted by atomic mass is 35.5. The first-order valence-electron chi connectivity index (χ1n) is 8.66. The summed E-state index contributed by atoms with van der Waals surface area (Å²) in [6.07, 6.45) is 0.913. The zero-order valence-electron chi connectivity index (χ0n) is 15.2. The van der Waals surface area contributed by atoms with Crippen LogP contribution in [0.1, 0.15) is 24.0 Å². The summed E-state index contributed by atoms with van der Waals surface area (Å²) in [4.78, 5) is 0.373. The Balaban J connectivity index is 2.09. The number of hydrogen-bond donors (Lipinski definition) is 1. The molecule has 0 radical (unpaired) electrons. The highest BCUT2D eigenvalue weighted by Gasteiger charge is 2.73. The maximum atomic E-state index is 13.4. The topological polar surface area (TPSA) is 69.4 Å². The third kappa shape index (κ3) is 3.40. The van der Waals surface area contributed by atoms with E-state index in [1.165, 1.54) is 24.8 Å². The Kier molecular flexibility index (Phi) is 5.64. The van der Waals surface area contributed by atoms with Gasteiger partial charge in [-0.25, -0.2) is 8.42 Å². The summed E-state index contributed by atoms with van der Waals surface area (Å²) in [6.45, 7) is 2.23. The number of rotatable bonds is 7. The molecule has 0 unspecified atom stereocenters. The van der Waals surface area contributed by atoms with Crippen LogP contribution in [0.3, 0.4) is 0 Å². The molecule has 0 saturated heterocycles. The molecule has 1 aliphatic carbocycles. The Labute approximate surface area is 170 Å². The van der Waals surface area contributed by atoms with Gasteiger partial charge in [0.25, 0.3) is 0 Å². The molecule has 3 atom stereocenters. The van der Waals surface area contributed by atoms with Crippen molar-refractivity contribution in [2.75, 3.05) is 13.7 Å². The molecule has 2 aromatic carbocycles. The van der Waals surface area contributed by atoms with Crippen molar-refractivity contribution in [1.29, 1.82) is 0 Å². The summed E-state index contributed by atoms with van der Waals surface area (Å²) in [7, 11) is -2.15. The van der Waals surface area contributed by atoms with E-state index in [0.717, 1.165) is 12.0 Å². The third-order valence-corrected chi connectivity index (χ3v) is 8.24. The molecule has 1 aliphatic rings. The zero-order valence-corrected chi connectivity index (χ0v) is 17.6. The van der Waals surface area contributed by atoms with Crippen LogP contribution < -0.4 is 5.73 Å². The van der Waals surface area contributed by atoms with Gasteiger partial charge in [-0.05, 0) is 41.8 Å². The number of hydrogen-bond acceptors (Lipinski definition) is 4. The van der Waals surface area contributed by atoms with Gasteiger partial charge in [-0.3, -0.25) is 0 Å². The molecule has 2 aromatic rings. The lowest BCUT2D eigenvalue weighted by Crippen LogP contribution is -2.33. The lowest BCUT2D eigenvalue weighted by atomic mass is 9.98. The largest absolute Gasteiger partial charge is 0.393 e. The van der Waals surface area contributed by atoms with Crippen LogP contribution in [0.15, 0.2) is 53.4 Å². The SMILES string of the molecule is CCc1ccc([C@@H]2[C@H](S(=O)(=O)c3ccc(Cl)cc3)[C@@]2(COC)C(N)=S)cc1. The molecular weight excluding hydrogens is 402 g/mol. The Bertz CT molecular complexity index is 942. The van der Waals surface area contributed by atoms with E-state index in [-0.39, 0.29) is 22.4 Å². The first kappa shape index (κ1) is 20.3. The smallest absolute Gasteiger partial charge is 0.182 e. The van der Waals surface area contributed by atoms with Crippen molar-refractivity contribution in [3.63, 3.8) is 0 Å². The number of methoxy groups -OCH3 is 1. The highest BCUT2D eigenvalue weighted by molar-refractivity contribution is 7.92. The lowest BCUT2D eigenvalue weighted by Gasteiger charge is -2.16. The first-order valence-corrected chi connectivity index (χ1v) is 11.0. The van der Waals surface area contributed by atoms with Crippen molar-refractivity contribution in [3.05, 3.63) is 64.7 Å². The van der Waals surface area contributed by atoms with Crippen molar-refractivity contribution in [1.82, 2.24) is 0 Å². The van der Waals surface area contributed by atoms with E-state index in [9.17, 15) is 8.42 Å². The van der Waals surface area contributed by atoms with E-state index in [4.69, 9.17) is 34.3 Å². The van der Waals surface area contributed by atoms with Gasteiger partial charge in [0.1, 0.15) is 0 Å². The monoisotopic (exact) mass is 423 g/mol. The standard InChI is InChI=1S/C20H22ClNO3S2/c1-3-13-4-6-14(7-5-13)17-18(20(17,12-25-2)19(22)26)27(23,24)16-10-8-15(21)9-11-16/h4-11,17-18H,3,12H2,1-2H3,(H2,22,26)/t17-,18+,20+/m1/s1. The van der Waals surface area contributed by atoms with Gasteiger partial charge in [0.15, 0.2) is 9.84 Å². The lowest BCUT2D eigenvalue weighted by molar-refractivity contribution is 0.166. The summed E-state index contributed by atoms with van der Waals surface area (Å²) in [5.41, 5.74) is 7.22. The predicted molar refractivity (Wildman–Crippen MR) is 112 cm³/mol. The Hall–Kier alpha value is -1.47. The number of benzene rings is 2. The molecule has 0 bridgehead atoms. The molecule has 144 valence electrons. The Morgan fingerprint density at radius 3 is 2.26 bits per heavy atom. The van der Waals surface area contributed by atoms with Gasteiger partial charge in [-0.15, -0.1) is 0 Å². The van der Waals surface area contributed by atoms with Gasteiger partial charge in [-0.1, -0.05) is 55.0 Å². The van der Waals surface area contributed by atoms with Gasteiger partial charge < -0.3 is 10.5 Å². The number of nitrogens with two attached hydrogens (primary N) is 1. The molecule has 0 aromatic heterocycles. The quantitative estimate of drug-likeness (QED) is 0.686. The summed E-state index contributed by atoms with van der Waals surface area (Å²) in [5, 5.41) is -0.287. The molecule has 0 heterocycles. The molecule has 0 spiro atoms. The zero-order chi connectivity index (χ0) is 19.8. The minimum absolute atomic E-state index is 0.153. The highest BCUT2D eigenvalue weighted by Crippen LogP contribution is 2.64. The predicted octanol–water partition coefficient (Wildman–Crippen LogP) is 3.76. The van der Waals surface area contributed by atoms with Crippen molar-refractivity contribution in [2.45, 2.75) is 29.4 Å². The van der Waals surface area contributed by atoms with E-state index in [1.54, 1.807) is 12.1 Å². The van der Waals surface area contributed by atoms with Crippen molar-refractivity contribution in [2.24, 2.45) is 11.1 Å². The molecule has 0 aliphatic heterocycles. The van der Waals surface area contributed by atoms with E-state index < -0.39 is 20.5 Å². The number of ether oxygens (including phenoxy) is 1. The van der Waals surface area contributed by atoms with Crippen LogP contribution in [0.4, 0.5) is 0 Å². The molecule has 7 heteroatoms. The molecule has 3 rings (SSSR count). The molecule has 27 heavy (non-hydrogen) atoms. The first-order chi connectivity index (χ1) is 12.8. The average molecular weight is 424 g/mol. The average Bonchev–Trinajstić information content (AvgIpc) is 3.33. The van der Waals surface area contributed by atoms with Gasteiger partial charge in [0, 0.05) is 18.1 Å². The summed E-state index contributed by atoms with van der Waals surface area (Å²) in [6, 6.07) is 14.1. The second-order valence-electron chi connectivity index (χ2n) is 6.83. The number of thiocarbonyl (C=S) groups is 1. The normalized spacial score (nSPS) is 24.6. The molecule has 0 amide bonds. The second kappa shape index (κ2) is 7.51. The van der Waals surface area contributed by atoms with Crippen LogP contribution in [0.5, 0.6) is 0 Å². The molecule has 4 nitrogen and oxygen atoms in total. The van der Waals surface area contributed by atoms with Crippen LogP contribution in [-0.4, -0.2) is 32.4 Å². The van der Waals surface area contributed by atoms with Gasteiger partial charge in [-0.2, -0.15) is 0 Å². The van der Waals surface area contributed by atoms with E-state index >= 15 is 0 Å². The fourth-order valence-electron chi connectivity index (χ4n) is 3.84. The Morgan fingerprint density at radius 2 is 1.78 bits per heavy atom. The molecule has 2 N–H and O–H groups in total. The summed E-state index contributed by atoms with van der Waals surface area (Å²) < 4.78 is 32.1. The third-order valence-electron chi connectivity index (χ3n) is 5.32. The fraction of sp³-hybridized carbons (Fsp3) is 0.350. The Morgan fingerprint density at radius 1 is 1.19 bits per heavy atom. The van der Waals surface area contributed by atoms with Crippen molar-refractivity contribution < 1.29 is 13.2 Å². The number of aryl methyl sites for hydroxylation is 1. The van der Waals surface area contributed by atoms with Crippen LogP contribution in [0, 0.1) is 5.41 Å². The minimum Gasteiger partial charge on any atom is -0.393 e. The van der Waals surface area contributed by atoms with E-state index in [1.807, 2.05) is 24.3 Å². The van der Waals surface area contributed by atoms with Gasteiger partial charge in [0.2, 0.25) is 0 Å². The molecular formula is C20H22ClNO3S2. The van der Waals surface area contributed by atoms with Gasteiger partial charge >= 0.3 is 0 Å². The maximum Gasteiger partial charge on any atom is 0.182 e. The number of sulfone groups is 1. The van der Waals surface area contributed by atoms with Crippen molar-refractivity contribution in [3.8, 4) is 0 Å². The second-order valence-corrected chi connectivity index (χ2v) is 9.78.